The van der Waals surface area contributed by atoms with Crippen LogP contribution in [0.3, 0.4) is 0 Å². The van der Waals surface area contributed by atoms with Crippen molar-refractivity contribution < 1.29 is 31.5 Å². The van der Waals surface area contributed by atoms with Crippen LogP contribution < -0.4 is 0 Å². The topological polar surface area (TPSA) is 71.4 Å². The van der Waals surface area contributed by atoms with E-state index in [1.54, 1.807) is 0 Å². The second-order valence-electron chi connectivity index (χ2n) is 4.26. The summed E-state index contributed by atoms with van der Waals surface area (Å²) in [7, 11) is -4.03. The first-order valence-electron chi connectivity index (χ1n) is 5.51. The summed E-state index contributed by atoms with van der Waals surface area (Å²) in [5, 5.41) is 8.54. The molecule has 0 aliphatic carbocycles. The van der Waals surface area contributed by atoms with E-state index in [1.165, 1.54) is 6.08 Å². The summed E-state index contributed by atoms with van der Waals surface area (Å²) >= 11 is 0. The average Bonchev–Trinajstić information content (AvgIpc) is 2.57. The average molecular weight is 306 g/mol. The van der Waals surface area contributed by atoms with Crippen molar-refractivity contribution in [3.63, 3.8) is 0 Å². The van der Waals surface area contributed by atoms with Gasteiger partial charge in [-0.15, -0.1) is 0 Å². The number of hydrogen-bond acceptors (Lipinski definition) is 3. The Morgan fingerprint density at radius 1 is 1.25 bits per heavy atom. The Hall–Kier alpha value is -1.83. The van der Waals surface area contributed by atoms with Crippen LogP contribution in [-0.4, -0.2) is 19.5 Å². The van der Waals surface area contributed by atoms with E-state index in [1.807, 2.05) is 0 Å². The van der Waals surface area contributed by atoms with Crippen LogP contribution in [0.5, 0.6) is 0 Å². The molecule has 0 radical (unpaired) electrons. The van der Waals surface area contributed by atoms with Gasteiger partial charge < -0.3 is 5.11 Å². The summed E-state index contributed by atoms with van der Waals surface area (Å²) in [5.41, 5.74) is -0.897. The van der Waals surface area contributed by atoms with E-state index in [9.17, 15) is 26.4 Å². The molecule has 0 atom stereocenters. The third kappa shape index (κ3) is 2.55. The molecule has 1 aliphatic rings. The lowest BCUT2D eigenvalue weighted by Crippen LogP contribution is -2.08. The molecule has 0 fully saturated rings. The number of hydrogen-bond donors (Lipinski definition) is 1. The van der Waals surface area contributed by atoms with Gasteiger partial charge in [0.25, 0.3) is 0 Å². The highest BCUT2D eigenvalue weighted by Crippen LogP contribution is 2.39. The van der Waals surface area contributed by atoms with Crippen molar-refractivity contribution in [1.82, 2.24) is 0 Å². The Bertz CT molecular complexity index is 702. The standard InChI is InChI=1S/C12H9F3O4S/c13-12(14,15)8-2-1-7-5-9(3-4-11(16)17)20(18,19)10(7)6-8/h1-2,5-6H,3-4H2,(H,16,17). The molecule has 0 saturated heterocycles. The van der Waals surface area contributed by atoms with E-state index < -0.39 is 38.9 Å². The first kappa shape index (κ1) is 14.6. The Morgan fingerprint density at radius 3 is 2.45 bits per heavy atom. The minimum absolute atomic E-state index is 0.151. The molecule has 0 spiro atoms. The number of sulfone groups is 1. The van der Waals surface area contributed by atoms with Crippen molar-refractivity contribution in [3.05, 3.63) is 34.2 Å². The van der Waals surface area contributed by atoms with Crippen LogP contribution in [0.4, 0.5) is 13.2 Å². The van der Waals surface area contributed by atoms with Crippen LogP contribution in [0.2, 0.25) is 0 Å². The number of allylic oxidation sites excluding steroid dienone is 1. The van der Waals surface area contributed by atoms with E-state index in [4.69, 9.17) is 5.11 Å². The molecule has 0 amide bonds. The van der Waals surface area contributed by atoms with Crippen molar-refractivity contribution in [2.45, 2.75) is 23.9 Å². The molecule has 1 heterocycles. The minimum atomic E-state index is -4.63. The smallest absolute Gasteiger partial charge is 0.416 e. The molecular weight excluding hydrogens is 297 g/mol. The van der Waals surface area contributed by atoms with Crippen LogP contribution in [0.1, 0.15) is 24.0 Å². The van der Waals surface area contributed by atoms with Crippen LogP contribution in [0.25, 0.3) is 6.08 Å². The lowest BCUT2D eigenvalue weighted by Gasteiger charge is -2.08. The van der Waals surface area contributed by atoms with E-state index in [0.29, 0.717) is 6.07 Å². The van der Waals surface area contributed by atoms with E-state index >= 15 is 0 Å². The fourth-order valence-corrected chi connectivity index (χ4v) is 3.55. The monoisotopic (exact) mass is 306 g/mol. The zero-order valence-electron chi connectivity index (χ0n) is 9.94. The maximum absolute atomic E-state index is 12.6. The third-order valence-electron chi connectivity index (χ3n) is 2.88. The zero-order chi connectivity index (χ0) is 15.1. The second kappa shape index (κ2) is 4.62. The van der Waals surface area contributed by atoms with E-state index in [2.05, 4.69) is 0 Å². The highest BCUT2D eigenvalue weighted by molar-refractivity contribution is 7.95. The summed E-state index contributed by atoms with van der Waals surface area (Å²) in [6.45, 7) is 0. The van der Waals surface area contributed by atoms with Crippen molar-refractivity contribution in [2.75, 3.05) is 0 Å². The molecule has 1 aromatic carbocycles. The van der Waals surface area contributed by atoms with Gasteiger partial charge in [-0.1, -0.05) is 6.07 Å². The third-order valence-corrected chi connectivity index (χ3v) is 4.82. The highest BCUT2D eigenvalue weighted by Gasteiger charge is 2.35. The van der Waals surface area contributed by atoms with Crippen LogP contribution in [-0.2, 0) is 20.8 Å². The van der Waals surface area contributed by atoms with Gasteiger partial charge in [0.1, 0.15) is 0 Å². The molecule has 2 rings (SSSR count). The van der Waals surface area contributed by atoms with Crippen molar-refractivity contribution >= 4 is 21.9 Å². The Balaban J connectivity index is 2.42. The lowest BCUT2D eigenvalue weighted by molar-refractivity contribution is -0.138. The van der Waals surface area contributed by atoms with Crippen LogP contribution >= 0.6 is 0 Å². The molecule has 0 unspecified atom stereocenters. The molecule has 1 aliphatic heterocycles. The Morgan fingerprint density at radius 2 is 1.90 bits per heavy atom. The van der Waals surface area contributed by atoms with Crippen LogP contribution in [0.15, 0.2) is 28.0 Å². The van der Waals surface area contributed by atoms with Gasteiger partial charge in [-0.05, 0) is 30.2 Å². The molecule has 0 aromatic heterocycles. The number of aliphatic carboxylic acids is 1. The van der Waals surface area contributed by atoms with Gasteiger partial charge in [0, 0.05) is 0 Å². The Kier molecular flexibility index (Phi) is 3.37. The van der Waals surface area contributed by atoms with E-state index in [-0.39, 0.29) is 16.9 Å². The first-order chi connectivity index (χ1) is 9.12. The van der Waals surface area contributed by atoms with E-state index in [0.717, 1.165) is 12.1 Å². The number of carboxylic acid groups (broad SMARTS) is 1. The summed E-state index contributed by atoms with van der Waals surface area (Å²) in [6.07, 6.45) is -4.05. The lowest BCUT2D eigenvalue weighted by atomic mass is 10.1. The fraction of sp³-hybridized carbons (Fsp3) is 0.250. The first-order valence-corrected chi connectivity index (χ1v) is 6.99. The summed E-state index contributed by atoms with van der Waals surface area (Å²) in [4.78, 5) is 9.86. The SMILES string of the molecule is O=C(O)CCC1=Cc2ccc(C(F)(F)F)cc2S1(=O)=O. The fourth-order valence-electron chi connectivity index (χ4n) is 1.89. The number of carboxylic acids is 1. The maximum atomic E-state index is 12.6. The number of fused-ring (bicyclic) bond motifs is 1. The summed E-state index contributed by atoms with van der Waals surface area (Å²) in [5.74, 6) is -1.17. The minimum Gasteiger partial charge on any atom is -0.481 e. The van der Waals surface area contributed by atoms with Gasteiger partial charge in [0.05, 0.1) is 21.8 Å². The van der Waals surface area contributed by atoms with Crippen molar-refractivity contribution in [3.8, 4) is 0 Å². The van der Waals surface area contributed by atoms with Gasteiger partial charge in [-0.25, -0.2) is 8.42 Å². The second-order valence-corrected chi connectivity index (χ2v) is 6.23. The molecule has 1 aromatic rings. The molecule has 4 nitrogen and oxygen atoms in total. The Labute approximate surface area is 112 Å². The van der Waals surface area contributed by atoms with Gasteiger partial charge in [0.15, 0.2) is 0 Å². The summed E-state index contributed by atoms with van der Waals surface area (Å²) < 4.78 is 61.8. The highest BCUT2D eigenvalue weighted by atomic mass is 32.2. The van der Waals surface area contributed by atoms with Crippen molar-refractivity contribution in [1.29, 1.82) is 0 Å². The van der Waals surface area contributed by atoms with Gasteiger partial charge >= 0.3 is 12.1 Å². The molecule has 108 valence electrons. The molecule has 8 heteroatoms. The number of alkyl halides is 3. The number of carbonyl (C=O) groups is 1. The molecule has 0 saturated carbocycles. The quantitative estimate of drug-likeness (QED) is 0.932. The zero-order valence-corrected chi connectivity index (χ0v) is 10.8. The largest absolute Gasteiger partial charge is 0.481 e. The summed E-state index contributed by atoms with van der Waals surface area (Å²) in [6, 6.07) is 2.45. The number of halogens is 3. The van der Waals surface area contributed by atoms with Crippen molar-refractivity contribution in [2.24, 2.45) is 0 Å². The molecule has 20 heavy (non-hydrogen) atoms. The maximum Gasteiger partial charge on any atom is 0.416 e. The molecule has 1 N–H and O–H groups in total. The number of rotatable bonds is 3. The van der Waals surface area contributed by atoms with Gasteiger partial charge in [0.2, 0.25) is 9.84 Å². The number of benzene rings is 1. The molecule has 0 bridgehead atoms. The molecular formula is C12H9F3O4S. The predicted octanol–water partition coefficient (Wildman–Crippen LogP) is 2.70. The van der Waals surface area contributed by atoms with Gasteiger partial charge in [-0.3, -0.25) is 4.79 Å². The normalized spacial score (nSPS) is 16.6. The van der Waals surface area contributed by atoms with Gasteiger partial charge in [-0.2, -0.15) is 13.2 Å². The predicted molar refractivity (Wildman–Crippen MR) is 63.5 cm³/mol. The van der Waals surface area contributed by atoms with Crippen LogP contribution in [0, 0.1) is 0 Å².